The van der Waals surface area contributed by atoms with Crippen molar-refractivity contribution in [2.45, 2.75) is 38.7 Å². The minimum Gasteiger partial charge on any atom is -0.368 e. The number of methoxy groups -OCH3 is 1. The summed E-state index contributed by atoms with van der Waals surface area (Å²) < 4.78 is 5.67. The molecular weight excluding hydrogens is 337 g/mol. The fraction of sp³-hybridized carbons (Fsp3) is 0.938. The van der Waals surface area contributed by atoms with Crippen LogP contribution in [-0.2, 0) is 9.53 Å². The molecule has 7 heteroatoms. The number of carbonyl (C=O) groups is 1. The summed E-state index contributed by atoms with van der Waals surface area (Å²) in [4.78, 5) is 17.4. The van der Waals surface area contributed by atoms with Crippen molar-refractivity contribution in [2.75, 3.05) is 52.9 Å². The van der Waals surface area contributed by atoms with E-state index >= 15 is 0 Å². The molecule has 0 spiro atoms. The number of ether oxygens (including phenoxy) is 1. The third-order valence-corrected chi connectivity index (χ3v) is 5.18. The van der Waals surface area contributed by atoms with Crippen molar-refractivity contribution in [1.29, 1.82) is 0 Å². The number of likely N-dealkylation sites (tertiary alicyclic amines) is 1. The van der Waals surface area contributed by atoms with Crippen LogP contribution in [0.1, 0.15) is 33.1 Å². The van der Waals surface area contributed by atoms with E-state index in [1.807, 2.05) is 4.90 Å². The van der Waals surface area contributed by atoms with Crippen molar-refractivity contribution >= 4 is 30.7 Å². The zero-order valence-electron chi connectivity index (χ0n) is 14.7. The van der Waals surface area contributed by atoms with Crippen LogP contribution in [0.25, 0.3) is 0 Å². The second-order valence-corrected chi connectivity index (χ2v) is 6.34. The normalized spacial score (nSPS) is 23.3. The maximum Gasteiger partial charge on any atom is 0.254 e. The highest BCUT2D eigenvalue weighted by Crippen LogP contribution is 2.28. The molecule has 1 unspecified atom stereocenters. The first-order chi connectivity index (χ1) is 10.1. The average Bonchev–Trinajstić information content (AvgIpc) is 3.01. The van der Waals surface area contributed by atoms with Gasteiger partial charge in [-0.1, -0.05) is 13.8 Å². The van der Waals surface area contributed by atoms with Crippen LogP contribution in [0.15, 0.2) is 0 Å². The molecule has 0 aromatic heterocycles. The minimum absolute atomic E-state index is 0. The Morgan fingerprint density at radius 3 is 2.39 bits per heavy atom. The van der Waals surface area contributed by atoms with Gasteiger partial charge in [0, 0.05) is 26.7 Å². The van der Waals surface area contributed by atoms with Crippen molar-refractivity contribution in [3.8, 4) is 0 Å². The molecule has 23 heavy (non-hydrogen) atoms. The summed E-state index contributed by atoms with van der Waals surface area (Å²) >= 11 is 0. The lowest BCUT2D eigenvalue weighted by molar-refractivity contribution is -0.157. The van der Waals surface area contributed by atoms with Crippen molar-refractivity contribution in [3.63, 3.8) is 0 Å². The molecule has 2 rings (SSSR count). The van der Waals surface area contributed by atoms with Gasteiger partial charge in [-0.05, 0) is 51.4 Å². The number of halogens is 2. The number of hydrogen-bond donors (Lipinski definition) is 1. The number of amides is 1. The van der Waals surface area contributed by atoms with Gasteiger partial charge in [-0.3, -0.25) is 4.79 Å². The van der Waals surface area contributed by atoms with Gasteiger partial charge in [0.2, 0.25) is 0 Å². The van der Waals surface area contributed by atoms with Gasteiger partial charge < -0.3 is 19.9 Å². The summed E-state index contributed by atoms with van der Waals surface area (Å²) in [6, 6.07) is 0. The predicted octanol–water partition coefficient (Wildman–Crippen LogP) is 1.79. The Hall–Kier alpha value is -0.0700. The van der Waals surface area contributed by atoms with E-state index < -0.39 is 5.60 Å². The molecule has 1 atom stereocenters. The zero-order chi connectivity index (χ0) is 15.3. The standard InChI is InChI=1S/C16H31N3O2.2ClH/c1-4-18(5-2)12-14-6-11-19(13-14)15(20)16(21-3)7-9-17-10-8-16;;/h14,17H,4-13H2,1-3H3;2*1H. The van der Waals surface area contributed by atoms with E-state index in [1.165, 1.54) is 0 Å². The number of hydrogen-bond acceptors (Lipinski definition) is 4. The lowest BCUT2D eigenvalue weighted by atomic mass is 9.90. The first-order valence-electron chi connectivity index (χ1n) is 8.42. The minimum atomic E-state index is -0.574. The van der Waals surface area contributed by atoms with Gasteiger partial charge >= 0.3 is 0 Å². The Kier molecular flexibility index (Phi) is 10.7. The number of piperidine rings is 1. The fourth-order valence-corrected chi connectivity index (χ4v) is 3.64. The largest absolute Gasteiger partial charge is 0.368 e. The van der Waals surface area contributed by atoms with Gasteiger partial charge in [0.1, 0.15) is 5.60 Å². The molecule has 0 radical (unpaired) electrons. The second kappa shape index (κ2) is 10.7. The molecule has 2 fully saturated rings. The Morgan fingerprint density at radius 2 is 1.87 bits per heavy atom. The van der Waals surface area contributed by atoms with Gasteiger partial charge in [-0.2, -0.15) is 0 Å². The molecule has 0 aliphatic carbocycles. The van der Waals surface area contributed by atoms with Crippen LogP contribution in [0.3, 0.4) is 0 Å². The third-order valence-electron chi connectivity index (χ3n) is 5.18. The van der Waals surface area contributed by atoms with Crippen LogP contribution in [0.5, 0.6) is 0 Å². The lowest BCUT2D eigenvalue weighted by Gasteiger charge is -2.37. The van der Waals surface area contributed by atoms with Crippen LogP contribution < -0.4 is 5.32 Å². The maximum absolute atomic E-state index is 12.9. The topological polar surface area (TPSA) is 44.8 Å². The van der Waals surface area contributed by atoms with E-state index in [9.17, 15) is 4.79 Å². The molecular formula is C16H33Cl2N3O2. The zero-order valence-corrected chi connectivity index (χ0v) is 16.3. The number of rotatable bonds is 6. The highest BCUT2D eigenvalue weighted by atomic mass is 35.5. The molecule has 0 bridgehead atoms. The smallest absolute Gasteiger partial charge is 0.254 e. The highest BCUT2D eigenvalue weighted by Gasteiger charge is 2.44. The Morgan fingerprint density at radius 1 is 1.26 bits per heavy atom. The summed E-state index contributed by atoms with van der Waals surface area (Å²) in [7, 11) is 1.69. The monoisotopic (exact) mass is 369 g/mol. The molecule has 2 saturated heterocycles. The van der Waals surface area contributed by atoms with Crippen molar-refractivity contribution in [3.05, 3.63) is 0 Å². The lowest BCUT2D eigenvalue weighted by Crippen LogP contribution is -2.55. The number of carbonyl (C=O) groups excluding carboxylic acids is 1. The summed E-state index contributed by atoms with van der Waals surface area (Å²) in [5.74, 6) is 0.831. The van der Waals surface area contributed by atoms with Gasteiger partial charge in [-0.25, -0.2) is 0 Å². The van der Waals surface area contributed by atoms with E-state index in [0.29, 0.717) is 5.92 Å². The molecule has 2 heterocycles. The summed E-state index contributed by atoms with van der Waals surface area (Å²) in [6.45, 7) is 11.2. The van der Waals surface area contributed by atoms with E-state index in [0.717, 1.165) is 65.1 Å². The highest BCUT2D eigenvalue weighted by molar-refractivity contribution is 5.86. The molecule has 5 nitrogen and oxygen atoms in total. The quantitative estimate of drug-likeness (QED) is 0.774. The van der Waals surface area contributed by atoms with Crippen molar-refractivity contribution in [2.24, 2.45) is 5.92 Å². The number of nitrogens with zero attached hydrogens (tertiary/aromatic N) is 2. The van der Waals surface area contributed by atoms with E-state index in [-0.39, 0.29) is 30.7 Å². The molecule has 0 aromatic carbocycles. The predicted molar refractivity (Wildman–Crippen MR) is 98.8 cm³/mol. The Bertz CT molecular complexity index is 348. The molecule has 1 amide bonds. The second-order valence-electron chi connectivity index (χ2n) is 6.34. The molecule has 138 valence electrons. The average molecular weight is 370 g/mol. The summed E-state index contributed by atoms with van der Waals surface area (Å²) in [5.41, 5.74) is -0.574. The van der Waals surface area contributed by atoms with E-state index in [1.54, 1.807) is 7.11 Å². The third kappa shape index (κ3) is 5.46. The molecule has 0 saturated carbocycles. The van der Waals surface area contributed by atoms with E-state index in [4.69, 9.17) is 4.74 Å². The van der Waals surface area contributed by atoms with E-state index in [2.05, 4.69) is 24.1 Å². The Labute approximate surface area is 153 Å². The summed E-state index contributed by atoms with van der Waals surface area (Å²) in [5, 5.41) is 3.31. The Balaban J connectivity index is 0.00000242. The summed E-state index contributed by atoms with van der Waals surface area (Å²) in [6.07, 6.45) is 2.71. The van der Waals surface area contributed by atoms with Crippen LogP contribution in [0, 0.1) is 5.92 Å². The maximum atomic E-state index is 12.9. The number of nitrogens with one attached hydrogen (secondary N) is 1. The van der Waals surface area contributed by atoms with Gasteiger partial charge in [0.15, 0.2) is 0 Å². The van der Waals surface area contributed by atoms with Crippen molar-refractivity contribution < 1.29 is 9.53 Å². The first-order valence-corrected chi connectivity index (χ1v) is 8.42. The molecule has 2 aliphatic heterocycles. The van der Waals surface area contributed by atoms with Gasteiger partial charge in [0.05, 0.1) is 0 Å². The van der Waals surface area contributed by atoms with Gasteiger partial charge in [-0.15, -0.1) is 24.8 Å². The molecule has 0 aromatic rings. The fourth-order valence-electron chi connectivity index (χ4n) is 3.64. The van der Waals surface area contributed by atoms with Crippen LogP contribution in [-0.4, -0.2) is 74.2 Å². The van der Waals surface area contributed by atoms with Crippen LogP contribution in [0.4, 0.5) is 0 Å². The SMILES string of the molecule is CCN(CC)CC1CCN(C(=O)C2(OC)CCNCC2)C1.Cl.Cl. The molecule has 1 N–H and O–H groups in total. The van der Waals surface area contributed by atoms with Crippen LogP contribution in [0.2, 0.25) is 0 Å². The van der Waals surface area contributed by atoms with Crippen LogP contribution >= 0.6 is 24.8 Å². The molecule has 2 aliphatic rings. The first kappa shape index (κ1) is 22.9. The van der Waals surface area contributed by atoms with Crippen molar-refractivity contribution in [1.82, 2.24) is 15.1 Å². The van der Waals surface area contributed by atoms with Gasteiger partial charge in [0.25, 0.3) is 5.91 Å².